The van der Waals surface area contributed by atoms with Crippen molar-refractivity contribution in [2.75, 3.05) is 39.8 Å². The zero-order valence-electron chi connectivity index (χ0n) is 14.8. The van der Waals surface area contributed by atoms with Crippen LogP contribution >= 0.6 is 0 Å². The summed E-state index contributed by atoms with van der Waals surface area (Å²) in [6, 6.07) is 6.18. The zero-order valence-corrected chi connectivity index (χ0v) is 14.8. The SMILES string of the molecule is CN1CCN(C(=O)c2ccc(CNC(=O)C3CC(F)(F)CN3)cc2)CC1. The van der Waals surface area contributed by atoms with Crippen molar-refractivity contribution in [2.45, 2.75) is 24.9 Å². The predicted octanol–water partition coefficient (Wildman–Crippen LogP) is 0.688. The van der Waals surface area contributed by atoms with E-state index in [-0.39, 0.29) is 12.5 Å². The lowest BCUT2D eigenvalue weighted by Gasteiger charge is -2.32. The molecule has 0 aliphatic carbocycles. The second-order valence-electron chi connectivity index (χ2n) is 7.00. The van der Waals surface area contributed by atoms with E-state index in [0.29, 0.717) is 18.7 Å². The van der Waals surface area contributed by atoms with Crippen molar-refractivity contribution in [1.82, 2.24) is 20.4 Å². The number of nitrogens with zero attached hydrogens (tertiary/aromatic N) is 2. The van der Waals surface area contributed by atoms with Crippen LogP contribution in [0, 0.1) is 0 Å². The largest absolute Gasteiger partial charge is 0.351 e. The number of piperazine rings is 1. The van der Waals surface area contributed by atoms with Crippen molar-refractivity contribution in [3.05, 3.63) is 35.4 Å². The van der Waals surface area contributed by atoms with Gasteiger partial charge in [-0.05, 0) is 24.7 Å². The number of rotatable bonds is 4. The average Bonchev–Trinajstić information content (AvgIpc) is 3.00. The van der Waals surface area contributed by atoms with E-state index in [1.54, 1.807) is 24.3 Å². The van der Waals surface area contributed by atoms with E-state index in [2.05, 4.69) is 15.5 Å². The standard InChI is InChI=1S/C18H24F2N4O2/c1-23-6-8-24(9-7-23)17(26)14-4-2-13(3-5-14)11-21-16(25)15-10-18(19,20)12-22-15/h2-5,15,22H,6-12H2,1H3,(H,21,25). The smallest absolute Gasteiger partial charge is 0.262 e. The number of halogens is 2. The first-order valence-corrected chi connectivity index (χ1v) is 8.80. The Morgan fingerprint density at radius 1 is 1.19 bits per heavy atom. The van der Waals surface area contributed by atoms with Crippen LogP contribution < -0.4 is 10.6 Å². The van der Waals surface area contributed by atoms with Crippen LogP contribution in [0.5, 0.6) is 0 Å². The van der Waals surface area contributed by atoms with E-state index < -0.39 is 30.8 Å². The van der Waals surface area contributed by atoms with Gasteiger partial charge < -0.3 is 15.1 Å². The molecule has 0 aromatic heterocycles. The fraction of sp³-hybridized carbons (Fsp3) is 0.556. The Hall–Kier alpha value is -2.06. The molecule has 1 unspecified atom stereocenters. The third-order valence-electron chi connectivity index (χ3n) is 4.88. The summed E-state index contributed by atoms with van der Waals surface area (Å²) < 4.78 is 26.3. The van der Waals surface area contributed by atoms with Gasteiger partial charge in [0.25, 0.3) is 11.8 Å². The molecule has 2 amide bonds. The van der Waals surface area contributed by atoms with E-state index in [1.807, 2.05) is 11.9 Å². The van der Waals surface area contributed by atoms with Gasteiger partial charge in [-0.3, -0.25) is 14.9 Å². The fourth-order valence-electron chi connectivity index (χ4n) is 3.17. The highest BCUT2D eigenvalue weighted by atomic mass is 19.3. The van der Waals surface area contributed by atoms with E-state index in [1.165, 1.54) is 0 Å². The Morgan fingerprint density at radius 3 is 2.42 bits per heavy atom. The minimum atomic E-state index is -2.83. The number of alkyl halides is 2. The molecule has 8 heteroatoms. The molecule has 2 N–H and O–H groups in total. The molecule has 2 aliphatic heterocycles. The van der Waals surface area contributed by atoms with Gasteiger partial charge in [0.05, 0.1) is 12.6 Å². The van der Waals surface area contributed by atoms with Crippen molar-refractivity contribution in [1.29, 1.82) is 0 Å². The van der Waals surface area contributed by atoms with Gasteiger partial charge in [0.2, 0.25) is 5.91 Å². The van der Waals surface area contributed by atoms with Crippen LogP contribution in [0.4, 0.5) is 8.78 Å². The molecule has 2 fully saturated rings. The van der Waals surface area contributed by atoms with Gasteiger partial charge in [0.1, 0.15) is 0 Å². The minimum Gasteiger partial charge on any atom is -0.351 e. The predicted molar refractivity (Wildman–Crippen MR) is 93.0 cm³/mol. The Labute approximate surface area is 151 Å². The molecule has 2 heterocycles. The molecule has 26 heavy (non-hydrogen) atoms. The van der Waals surface area contributed by atoms with Crippen LogP contribution in [0.1, 0.15) is 22.3 Å². The lowest BCUT2D eigenvalue weighted by Crippen LogP contribution is -2.47. The Morgan fingerprint density at radius 2 is 1.85 bits per heavy atom. The number of amides is 2. The van der Waals surface area contributed by atoms with Gasteiger partial charge in [0.15, 0.2) is 0 Å². The maximum absolute atomic E-state index is 13.1. The molecular formula is C18H24F2N4O2. The van der Waals surface area contributed by atoms with Gasteiger partial charge in [0, 0.05) is 44.7 Å². The van der Waals surface area contributed by atoms with Gasteiger partial charge >= 0.3 is 0 Å². The fourth-order valence-corrected chi connectivity index (χ4v) is 3.17. The van der Waals surface area contributed by atoms with Crippen molar-refractivity contribution < 1.29 is 18.4 Å². The quantitative estimate of drug-likeness (QED) is 0.823. The number of hydrogen-bond acceptors (Lipinski definition) is 4. The van der Waals surface area contributed by atoms with Crippen LogP contribution in [-0.2, 0) is 11.3 Å². The minimum absolute atomic E-state index is 0.00562. The Balaban J connectivity index is 1.50. The summed E-state index contributed by atoms with van der Waals surface area (Å²) in [6.45, 7) is 2.94. The molecule has 6 nitrogen and oxygen atoms in total. The van der Waals surface area contributed by atoms with Crippen LogP contribution in [0.15, 0.2) is 24.3 Å². The summed E-state index contributed by atoms with van der Waals surface area (Å²) in [4.78, 5) is 28.4. The van der Waals surface area contributed by atoms with E-state index in [0.717, 1.165) is 18.7 Å². The third-order valence-corrected chi connectivity index (χ3v) is 4.88. The summed E-state index contributed by atoms with van der Waals surface area (Å²) in [5.41, 5.74) is 1.43. The van der Waals surface area contributed by atoms with E-state index in [9.17, 15) is 18.4 Å². The number of carbonyl (C=O) groups excluding carboxylic acids is 2. The number of benzene rings is 1. The summed E-state index contributed by atoms with van der Waals surface area (Å²) in [7, 11) is 2.03. The van der Waals surface area contributed by atoms with Crippen LogP contribution in [0.25, 0.3) is 0 Å². The van der Waals surface area contributed by atoms with Gasteiger partial charge in [-0.2, -0.15) is 0 Å². The summed E-state index contributed by atoms with van der Waals surface area (Å²) in [5.74, 6) is -3.25. The van der Waals surface area contributed by atoms with Crippen LogP contribution in [0.3, 0.4) is 0 Å². The molecule has 1 aromatic carbocycles. The number of carbonyl (C=O) groups is 2. The molecular weight excluding hydrogens is 342 g/mol. The molecule has 1 aromatic rings. The van der Waals surface area contributed by atoms with Crippen molar-refractivity contribution in [3.63, 3.8) is 0 Å². The van der Waals surface area contributed by atoms with Gasteiger partial charge in [-0.1, -0.05) is 12.1 Å². The highest BCUT2D eigenvalue weighted by Gasteiger charge is 2.42. The molecule has 142 valence electrons. The first-order valence-electron chi connectivity index (χ1n) is 8.80. The summed E-state index contributed by atoms with van der Waals surface area (Å²) >= 11 is 0. The van der Waals surface area contributed by atoms with Gasteiger partial charge in [-0.25, -0.2) is 8.78 Å². The molecule has 0 saturated carbocycles. The second-order valence-corrected chi connectivity index (χ2v) is 7.00. The first-order chi connectivity index (χ1) is 12.3. The average molecular weight is 366 g/mol. The molecule has 3 rings (SSSR count). The second kappa shape index (κ2) is 7.67. The first kappa shape index (κ1) is 18.7. The maximum atomic E-state index is 13.1. The lowest BCUT2D eigenvalue weighted by molar-refractivity contribution is -0.123. The van der Waals surface area contributed by atoms with Crippen molar-refractivity contribution >= 4 is 11.8 Å². The topological polar surface area (TPSA) is 64.7 Å². The molecule has 0 bridgehead atoms. The number of hydrogen-bond donors (Lipinski definition) is 2. The highest BCUT2D eigenvalue weighted by molar-refractivity contribution is 5.94. The Kier molecular flexibility index (Phi) is 5.52. The molecule has 2 saturated heterocycles. The summed E-state index contributed by atoms with van der Waals surface area (Å²) in [5, 5.41) is 5.19. The van der Waals surface area contributed by atoms with Crippen molar-refractivity contribution in [3.8, 4) is 0 Å². The lowest BCUT2D eigenvalue weighted by atomic mass is 10.1. The Bertz CT molecular complexity index is 658. The third kappa shape index (κ3) is 4.56. The van der Waals surface area contributed by atoms with Crippen molar-refractivity contribution in [2.24, 2.45) is 0 Å². The van der Waals surface area contributed by atoms with E-state index >= 15 is 0 Å². The molecule has 2 aliphatic rings. The molecule has 0 spiro atoms. The maximum Gasteiger partial charge on any atom is 0.262 e. The molecule has 1 atom stereocenters. The number of nitrogens with one attached hydrogen (secondary N) is 2. The zero-order chi connectivity index (χ0) is 18.7. The molecule has 0 radical (unpaired) electrons. The normalized spacial score (nSPS) is 23.0. The number of likely N-dealkylation sites (N-methyl/N-ethyl adjacent to an activating group) is 1. The highest BCUT2D eigenvalue weighted by Crippen LogP contribution is 2.25. The van der Waals surface area contributed by atoms with E-state index in [4.69, 9.17) is 0 Å². The monoisotopic (exact) mass is 366 g/mol. The van der Waals surface area contributed by atoms with Gasteiger partial charge in [-0.15, -0.1) is 0 Å². The van der Waals surface area contributed by atoms with Crippen LogP contribution in [-0.4, -0.2) is 73.4 Å². The summed E-state index contributed by atoms with van der Waals surface area (Å²) in [6.07, 6.45) is -0.475. The van der Waals surface area contributed by atoms with Crippen LogP contribution in [0.2, 0.25) is 0 Å².